The number of rotatable bonds is 14. The predicted octanol–water partition coefficient (Wildman–Crippen LogP) is 17.2. The third-order valence-corrected chi connectivity index (χ3v) is 46.2. The number of ether oxygens (including phenoxy) is 6. The number of aliphatic imine (C=N–C) groups is 1. The average Bonchev–Trinajstić information content (AvgIpc) is 1.17. The summed E-state index contributed by atoms with van der Waals surface area (Å²) in [5.41, 5.74) is 0.702. The van der Waals surface area contributed by atoms with Crippen LogP contribution < -0.4 is 0 Å². The molecule has 10 rings (SSSR count). The fourth-order valence-corrected chi connectivity index (χ4v) is 19.3. The molecule has 0 aromatic carbocycles. The number of nitrogens with zero attached hydrogens (tertiary/aromatic N) is 1. The lowest BCUT2D eigenvalue weighted by molar-refractivity contribution is -0.312. The van der Waals surface area contributed by atoms with Crippen LogP contribution in [0.25, 0.3) is 0 Å². The van der Waals surface area contributed by atoms with Crippen LogP contribution in [0.4, 0.5) is 0 Å². The topological polar surface area (TPSA) is 131 Å². The molecule has 18 heteroatoms. The first-order valence-electron chi connectivity index (χ1n) is 34.3. The number of Topliss-reactive ketones (excluding diaryl/α,β-unsaturated/α-hetero) is 1. The monoisotopic (exact) mass is 1300 g/mol. The normalized spacial score (nSPS) is 35.9. The van der Waals surface area contributed by atoms with Gasteiger partial charge in [-0.05, 0) is 160 Å². The zero-order valence-corrected chi connectivity index (χ0v) is 65.3. The molecule has 0 aromatic heterocycles. The standard InChI is InChI=1S/C69H129NO12Si5/c1-45-38-48-32-30-29-31-33-54(80-85(23,24)66(9,10)11)61-62(81-86(25,26)67(12,13)14)63(82-87(27,28)68(15,16)17)69-58(77-61)37-35-50(78-69)40-47(71)41-52-55(43-56-59(70-69)46(2)39-49(75-56)34-36-53(45)74-48)76-57(60(52)72-18)42-51(79-84(21,22)65(6,7)8)44-73-83(19,20)64(3,4)5/h31,33,46,48-58,60-63H,1,29-30,32,34-44H2,2-28H3/b33-31+,70-59?/t46-,48+,49?,50?,51+,52+,53?,54?,55?,56?,57?,58+,60-,61?,62?,63?,69?/m1/s1. The first-order valence-corrected chi connectivity index (χ1v) is 48.8. The third kappa shape index (κ3) is 16.8. The lowest BCUT2D eigenvalue weighted by Gasteiger charge is -2.60. The van der Waals surface area contributed by atoms with E-state index in [4.69, 9.17) is 55.5 Å². The van der Waals surface area contributed by atoms with Crippen LogP contribution in [0.3, 0.4) is 0 Å². The van der Waals surface area contributed by atoms with Crippen LogP contribution >= 0.6 is 0 Å². The molecule has 10 aliphatic rings. The molecule has 502 valence electrons. The van der Waals surface area contributed by atoms with E-state index in [0.717, 1.165) is 50.7 Å². The van der Waals surface area contributed by atoms with E-state index in [0.29, 0.717) is 32.3 Å². The highest BCUT2D eigenvalue weighted by Crippen LogP contribution is 2.54. The van der Waals surface area contributed by atoms with Crippen LogP contribution in [0.2, 0.25) is 90.7 Å². The molecule has 17 atom stereocenters. The summed E-state index contributed by atoms with van der Waals surface area (Å²) < 4.78 is 83.0. The van der Waals surface area contributed by atoms with Crippen molar-refractivity contribution >= 4 is 53.1 Å². The van der Waals surface area contributed by atoms with Gasteiger partial charge in [-0.2, -0.15) is 0 Å². The molecule has 0 aromatic rings. The van der Waals surface area contributed by atoms with Gasteiger partial charge >= 0.3 is 0 Å². The summed E-state index contributed by atoms with van der Waals surface area (Å²) in [6.07, 6.45) is 8.23. The van der Waals surface area contributed by atoms with Crippen molar-refractivity contribution in [3.8, 4) is 0 Å². The second-order valence-electron chi connectivity index (χ2n) is 35.7. The summed E-state index contributed by atoms with van der Waals surface area (Å²) in [4.78, 5) is 21.7. The number of hydrogen-bond acceptors (Lipinski definition) is 13. The van der Waals surface area contributed by atoms with Gasteiger partial charge < -0.3 is 50.6 Å². The molecule has 0 aliphatic carbocycles. The SMILES string of the molecule is C=C1C[C@@H]2CCC/C=C/C(O[Si](C)(C)C(C)(C)C)C3O[C@H]4CCC5CC(=O)C[C@H]6C(CC7OC(CCC1O2)C[C@@H](C)C7=NC4(O5)C(O[Si](C)(C)C(C)(C)C)C3O[Si](C)(C)C(C)(C)C)OC(C[C@@H](CO[Si](C)(C)C(C)(C)C)O[Si](C)(C)C(C)(C)C)[C@@H]6OC. The minimum Gasteiger partial charge on any atom is -0.414 e. The maximum absolute atomic E-state index is 15.4. The van der Waals surface area contributed by atoms with Crippen LogP contribution in [0, 0.1) is 11.8 Å². The zero-order chi connectivity index (χ0) is 65.3. The molecule has 8 bridgehead atoms. The van der Waals surface area contributed by atoms with Crippen molar-refractivity contribution in [1.82, 2.24) is 0 Å². The van der Waals surface area contributed by atoms with Gasteiger partial charge in [0.25, 0.3) is 0 Å². The van der Waals surface area contributed by atoms with Crippen molar-refractivity contribution in [3.05, 3.63) is 24.3 Å². The molecule has 0 N–H and O–H groups in total. The highest BCUT2D eigenvalue weighted by Gasteiger charge is 2.66. The molecule has 5 fully saturated rings. The molecular formula is C69H129NO12Si5. The predicted molar refractivity (Wildman–Crippen MR) is 368 cm³/mol. The first-order chi connectivity index (χ1) is 39.6. The Hall–Kier alpha value is -0.536. The van der Waals surface area contributed by atoms with E-state index < -0.39 is 96.1 Å². The second kappa shape index (κ2) is 26.9. The van der Waals surface area contributed by atoms with Crippen molar-refractivity contribution in [2.75, 3.05) is 13.7 Å². The Kier molecular flexibility index (Phi) is 22.9. The van der Waals surface area contributed by atoms with Crippen molar-refractivity contribution in [1.29, 1.82) is 0 Å². The smallest absolute Gasteiger partial charge is 0.212 e. The Morgan fingerprint density at radius 1 is 0.632 bits per heavy atom. The van der Waals surface area contributed by atoms with Gasteiger partial charge in [0.1, 0.15) is 30.2 Å². The van der Waals surface area contributed by atoms with Gasteiger partial charge in [-0.1, -0.05) is 130 Å². The molecule has 13 nitrogen and oxygen atoms in total. The lowest BCUT2D eigenvalue weighted by Crippen LogP contribution is -2.74. The van der Waals surface area contributed by atoms with E-state index in [1.807, 2.05) is 0 Å². The summed E-state index contributed by atoms with van der Waals surface area (Å²) in [7, 11) is -10.6. The lowest BCUT2D eigenvalue weighted by atomic mass is 9.79. The molecule has 0 amide bonds. The van der Waals surface area contributed by atoms with E-state index in [1.54, 1.807) is 7.11 Å². The number of carbonyl (C=O) groups excluding carboxylic acids is 1. The summed E-state index contributed by atoms with van der Waals surface area (Å²) in [6, 6.07) is 0. The van der Waals surface area contributed by atoms with Gasteiger partial charge in [0.15, 0.2) is 41.6 Å². The maximum Gasteiger partial charge on any atom is 0.212 e. The Bertz CT molecular complexity index is 2410. The van der Waals surface area contributed by atoms with E-state index in [9.17, 15) is 0 Å². The van der Waals surface area contributed by atoms with E-state index in [2.05, 4.69) is 195 Å². The number of hydrogen-bond donors (Lipinski definition) is 0. The molecule has 87 heavy (non-hydrogen) atoms. The summed E-state index contributed by atoms with van der Waals surface area (Å²) in [5.74, 6) is -0.142. The van der Waals surface area contributed by atoms with Crippen LogP contribution in [0.15, 0.2) is 29.3 Å². The van der Waals surface area contributed by atoms with Crippen molar-refractivity contribution < 1.29 is 55.3 Å². The maximum atomic E-state index is 15.4. The van der Waals surface area contributed by atoms with Gasteiger partial charge in [-0.25, -0.2) is 0 Å². The van der Waals surface area contributed by atoms with Gasteiger partial charge in [-0.3, -0.25) is 9.79 Å². The molecule has 10 aliphatic heterocycles. The van der Waals surface area contributed by atoms with E-state index in [-0.39, 0.29) is 92.3 Å². The number of ketones is 1. The minimum absolute atomic E-state index is 0.0179. The van der Waals surface area contributed by atoms with Crippen molar-refractivity contribution in [2.24, 2.45) is 16.8 Å². The first kappa shape index (κ1) is 73.9. The molecule has 0 saturated carbocycles. The number of methoxy groups -OCH3 is 1. The number of allylic oxidation sites excluding steroid dienone is 1. The minimum atomic E-state index is -2.73. The average molecular weight is 1310 g/mol. The fraction of sp³-hybridized carbons (Fsp3) is 0.913. The van der Waals surface area contributed by atoms with Crippen molar-refractivity contribution in [3.63, 3.8) is 0 Å². The molecule has 0 radical (unpaired) electrons. The Balaban J connectivity index is 1.45. The summed E-state index contributed by atoms with van der Waals surface area (Å²) >= 11 is 0. The van der Waals surface area contributed by atoms with Gasteiger partial charge in [0.05, 0.1) is 67.6 Å². The fourth-order valence-electron chi connectivity index (χ4n) is 13.1. The molecule has 10 heterocycles. The van der Waals surface area contributed by atoms with Gasteiger partial charge in [-0.15, -0.1) is 0 Å². The van der Waals surface area contributed by atoms with Crippen LogP contribution in [-0.2, 0) is 55.3 Å². The summed E-state index contributed by atoms with van der Waals surface area (Å²) in [5, 5.41) is -0.458. The van der Waals surface area contributed by atoms with Gasteiger partial charge in [0, 0.05) is 44.4 Å². The Morgan fingerprint density at radius 2 is 1.21 bits per heavy atom. The van der Waals surface area contributed by atoms with Crippen molar-refractivity contribution in [2.45, 2.75) is 376 Å². The van der Waals surface area contributed by atoms with Gasteiger partial charge in [0.2, 0.25) is 5.72 Å². The highest BCUT2D eigenvalue weighted by molar-refractivity contribution is 6.76. The molecule has 1 spiro atoms. The Labute approximate surface area is 536 Å². The summed E-state index contributed by atoms with van der Waals surface area (Å²) in [6.45, 7) is 65.3. The largest absolute Gasteiger partial charge is 0.414 e. The molecule has 11 unspecified atom stereocenters. The molecule has 5 saturated heterocycles. The van der Waals surface area contributed by atoms with Crippen LogP contribution in [-0.4, -0.2) is 158 Å². The zero-order valence-electron chi connectivity index (χ0n) is 60.3. The third-order valence-electron chi connectivity index (χ3n) is 23.8. The Morgan fingerprint density at radius 3 is 1.80 bits per heavy atom. The number of carbonyl (C=O) groups is 1. The molecular weight excluding hydrogens is 1180 g/mol. The van der Waals surface area contributed by atoms with Crippen LogP contribution in [0.5, 0.6) is 0 Å². The highest BCUT2D eigenvalue weighted by atomic mass is 28.4. The van der Waals surface area contributed by atoms with E-state index in [1.165, 1.54) is 5.57 Å². The second-order valence-corrected chi connectivity index (χ2v) is 59.5. The number of fused-ring (bicyclic) bond motifs is 2. The van der Waals surface area contributed by atoms with Crippen LogP contribution in [0.1, 0.15) is 194 Å². The van der Waals surface area contributed by atoms with E-state index >= 15 is 4.79 Å². The quantitative estimate of drug-likeness (QED) is 0.121.